The molecule has 0 bridgehead atoms. The summed E-state index contributed by atoms with van der Waals surface area (Å²) in [6, 6.07) is 0. The zero-order valence-corrected chi connectivity index (χ0v) is 8.71. The van der Waals surface area contributed by atoms with Gasteiger partial charge in [-0.1, -0.05) is 25.3 Å². The Kier molecular flexibility index (Phi) is 2.98. The van der Waals surface area contributed by atoms with Gasteiger partial charge in [-0.05, 0) is 43.0 Å². The standard InChI is InChI=1S/C11H19BO2/c13-12(14)10-4-8-11(9-5-10)6-2-1-3-7-11/h4,13-14H,1-3,5-9H2. The van der Waals surface area contributed by atoms with Crippen LogP contribution in [0.5, 0.6) is 0 Å². The van der Waals surface area contributed by atoms with Gasteiger partial charge in [0.25, 0.3) is 0 Å². The van der Waals surface area contributed by atoms with Crippen LogP contribution in [0.25, 0.3) is 0 Å². The summed E-state index contributed by atoms with van der Waals surface area (Å²) in [4.78, 5) is 0. The van der Waals surface area contributed by atoms with E-state index in [2.05, 4.69) is 6.08 Å². The third-order valence-corrected chi connectivity index (χ3v) is 3.99. The van der Waals surface area contributed by atoms with Crippen LogP contribution in [0.1, 0.15) is 51.4 Å². The van der Waals surface area contributed by atoms with Gasteiger partial charge in [0, 0.05) is 0 Å². The van der Waals surface area contributed by atoms with E-state index >= 15 is 0 Å². The normalized spacial score (nSPS) is 26.0. The fourth-order valence-electron chi connectivity index (χ4n) is 2.95. The molecule has 0 aliphatic heterocycles. The minimum absolute atomic E-state index is 0.524. The van der Waals surface area contributed by atoms with Crippen LogP contribution in [-0.4, -0.2) is 17.2 Å². The van der Waals surface area contributed by atoms with Crippen molar-refractivity contribution < 1.29 is 10.0 Å². The zero-order chi connectivity index (χ0) is 10.0. The molecule has 2 nitrogen and oxygen atoms in total. The molecule has 2 aliphatic rings. The molecule has 0 amide bonds. The highest BCUT2D eigenvalue weighted by Gasteiger charge is 2.34. The van der Waals surface area contributed by atoms with Gasteiger partial charge in [-0.15, -0.1) is 0 Å². The molecule has 2 rings (SSSR count). The highest BCUT2D eigenvalue weighted by Crippen LogP contribution is 2.46. The Morgan fingerprint density at radius 3 is 2.29 bits per heavy atom. The molecule has 0 unspecified atom stereocenters. The van der Waals surface area contributed by atoms with Gasteiger partial charge in [-0.2, -0.15) is 0 Å². The quantitative estimate of drug-likeness (QED) is 0.627. The van der Waals surface area contributed by atoms with Gasteiger partial charge in [0.2, 0.25) is 0 Å². The van der Waals surface area contributed by atoms with E-state index in [4.69, 9.17) is 10.0 Å². The SMILES string of the molecule is OB(O)C1=CCC2(CCCCC2)CC1. The van der Waals surface area contributed by atoms with Crippen LogP contribution in [0.3, 0.4) is 0 Å². The minimum atomic E-state index is -1.21. The van der Waals surface area contributed by atoms with Crippen LogP contribution >= 0.6 is 0 Å². The number of hydrogen-bond donors (Lipinski definition) is 2. The Hall–Kier alpha value is -0.275. The lowest BCUT2D eigenvalue weighted by atomic mass is 9.61. The Morgan fingerprint density at radius 1 is 1.07 bits per heavy atom. The predicted octanol–water partition coefficient (Wildman–Crippen LogP) is 2.06. The molecule has 0 aromatic rings. The summed E-state index contributed by atoms with van der Waals surface area (Å²) in [7, 11) is -1.21. The molecule has 0 aromatic carbocycles. The molecule has 1 spiro atoms. The predicted molar refractivity (Wildman–Crippen MR) is 57.6 cm³/mol. The first-order valence-electron chi connectivity index (χ1n) is 5.77. The lowest BCUT2D eigenvalue weighted by Gasteiger charge is -2.39. The Morgan fingerprint density at radius 2 is 1.79 bits per heavy atom. The summed E-state index contributed by atoms with van der Waals surface area (Å²) < 4.78 is 0. The Bertz CT molecular complexity index is 229. The van der Waals surface area contributed by atoms with Gasteiger partial charge in [0.1, 0.15) is 0 Å². The van der Waals surface area contributed by atoms with E-state index in [0.717, 1.165) is 24.7 Å². The molecule has 0 saturated heterocycles. The van der Waals surface area contributed by atoms with E-state index in [9.17, 15) is 0 Å². The van der Waals surface area contributed by atoms with Crippen LogP contribution in [0, 0.1) is 5.41 Å². The highest BCUT2D eigenvalue weighted by atomic mass is 16.4. The molecular formula is C11H19BO2. The Labute approximate surface area is 86.2 Å². The lowest BCUT2D eigenvalue weighted by Crippen LogP contribution is -2.29. The summed E-state index contributed by atoms with van der Waals surface area (Å²) >= 11 is 0. The van der Waals surface area contributed by atoms with E-state index in [1.54, 1.807) is 0 Å². The van der Waals surface area contributed by atoms with Crippen molar-refractivity contribution in [1.29, 1.82) is 0 Å². The van der Waals surface area contributed by atoms with Gasteiger partial charge < -0.3 is 10.0 Å². The molecule has 2 aliphatic carbocycles. The summed E-state index contributed by atoms with van der Waals surface area (Å²) in [6.45, 7) is 0. The van der Waals surface area contributed by atoms with E-state index in [0.29, 0.717) is 5.41 Å². The van der Waals surface area contributed by atoms with Crippen molar-refractivity contribution in [3.8, 4) is 0 Å². The molecular weight excluding hydrogens is 175 g/mol. The van der Waals surface area contributed by atoms with Crippen molar-refractivity contribution in [2.45, 2.75) is 51.4 Å². The lowest BCUT2D eigenvalue weighted by molar-refractivity contribution is 0.168. The van der Waals surface area contributed by atoms with E-state index in [-0.39, 0.29) is 0 Å². The third kappa shape index (κ3) is 2.04. The van der Waals surface area contributed by atoms with Crippen LogP contribution in [0.4, 0.5) is 0 Å². The molecule has 0 atom stereocenters. The average Bonchev–Trinajstić information content (AvgIpc) is 2.19. The summed E-state index contributed by atoms with van der Waals surface area (Å²) in [5.74, 6) is 0. The van der Waals surface area contributed by atoms with Crippen molar-refractivity contribution in [3.63, 3.8) is 0 Å². The number of allylic oxidation sites excluding steroid dienone is 2. The monoisotopic (exact) mass is 194 g/mol. The smallest absolute Gasteiger partial charge is 0.423 e. The average molecular weight is 194 g/mol. The molecule has 2 N–H and O–H groups in total. The molecule has 1 saturated carbocycles. The first kappa shape index (κ1) is 10.2. The zero-order valence-electron chi connectivity index (χ0n) is 8.71. The van der Waals surface area contributed by atoms with E-state index in [1.807, 2.05) is 0 Å². The van der Waals surface area contributed by atoms with Crippen molar-refractivity contribution in [2.75, 3.05) is 0 Å². The van der Waals surface area contributed by atoms with E-state index < -0.39 is 7.12 Å². The maximum atomic E-state index is 9.05. The molecule has 3 heteroatoms. The first-order valence-corrected chi connectivity index (χ1v) is 5.77. The largest absolute Gasteiger partial charge is 0.483 e. The van der Waals surface area contributed by atoms with Gasteiger partial charge in [-0.25, -0.2) is 0 Å². The van der Waals surface area contributed by atoms with Gasteiger partial charge >= 0.3 is 7.12 Å². The second kappa shape index (κ2) is 4.07. The fraction of sp³-hybridized carbons (Fsp3) is 0.818. The molecule has 78 valence electrons. The molecule has 14 heavy (non-hydrogen) atoms. The van der Waals surface area contributed by atoms with Crippen molar-refractivity contribution in [1.82, 2.24) is 0 Å². The van der Waals surface area contributed by atoms with Gasteiger partial charge in [0.05, 0.1) is 0 Å². The van der Waals surface area contributed by atoms with E-state index in [1.165, 1.54) is 32.1 Å². The minimum Gasteiger partial charge on any atom is -0.423 e. The molecule has 1 fully saturated rings. The Balaban J connectivity index is 1.99. The number of rotatable bonds is 1. The fourth-order valence-corrected chi connectivity index (χ4v) is 2.95. The van der Waals surface area contributed by atoms with Gasteiger partial charge in [-0.3, -0.25) is 0 Å². The molecule has 0 aromatic heterocycles. The summed E-state index contributed by atoms with van der Waals surface area (Å²) in [5.41, 5.74) is 1.36. The van der Waals surface area contributed by atoms with Crippen molar-refractivity contribution in [2.24, 2.45) is 5.41 Å². The van der Waals surface area contributed by atoms with Crippen LogP contribution in [0.2, 0.25) is 0 Å². The summed E-state index contributed by atoms with van der Waals surface area (Å²) in [5, 5.41) is 18.1. The van der Waals surface area contributed by atoms with Crippen molar-refractivity contribution in [3.05, 3.63) is 11.5 Å². The maximum absolute atomic E-state index is 9.05. The second-order valence-corrected chi connectivity index (χ2v) is 4.92. The van der Waals surface area contributed by atoms with Crippen LogP contribution < -0.4 is 0 Å². The van der Waals surface area contributed by atoms with Crippen LogP contribution in [-0.2, 0) is 0 Å². The molecule has 0 heterocycles. The van der Waals surface area contributed by atoms with Crippen molar-refractivity contribution >= 4 is 7.12 Å². The van der Waals surface area contributed by atoms with Crippen LogP contribution in [0.15, 0.2) is 11.5 Å². The third-order valence-electron chi connectivity index (χ3n) is 3.99. The number of hydrogen-bond acceptors (Lipinski definition) is 2. The maximum Gasteiger partial charge on any atom is 0.483 e. The van der Waals surface area contributed by atoms with Gasteiger partial charge in [0.15, 0.2) is 0 Å². The first-order chi connectivity index (χ1) is 6.72. The summed E-state index contributed by atoms with van der Waals surface area (Å²) in [6.07, 6.45) is 12.0. The highest BCUT2D eigenvalue weighted by molar-refractivity contribution is 6.50. The second-order valence-electron chi connectivity index (χ2n) is 4.92. The topological polar surface area (TPSA) is 40.5 Å². The molecule has 0 radical (unpaired) electrons.